The van der Waals surface area contributed by atoms with Gasteiger partial charge in [0.15, 0.2) is 0 Å². The van der Waals surface area contributed by atoms with Crippen molar-refractivity contribution in [2.75, 3.05) is 0 Å². The van der Waals surface area contributed by atoms with E-state index in [1.807, 2.05) is 26.3 Å². The highest BCUT2D eigenvalue weighted by atomic mass is 16.3. The van der Waals surface area contributed by atoms with E-state index >= 15 is 0 Å². The second-order valence-electron chi connectivity index (χ2n) is 12.9. The third kappa shape index (κ3) is 7.95. The summed E-state index contributed by atoms with van der Waals surface area (Å²) in [6.07, 6.45) is 8.45. The number of phenolic OH excluding ortho intramolecular Hbond substituents is 2. The summed E-state index contributed by atoms with van der Waals surface area (Å²) in [5.74, 6) is 0.639. The molecule has 0 aliphatic heterocycles. The van der Waals surface area contributed by atoms with Crippen LogP contribution in [0.25, 0.3) is 0 Å². The molecule has 2 atom stereocenters. The number of hydrogen-bond acceptors (Lipinski definition) is 4. The molecule has 0 saturated heterocycles. The summed E-state index contributed by atoms with van der Waals surface area (Å²) in [7, 11) is 0. The molecule has 0 bridgehead atoms. The van der Waals surface area contributed by atoms with Gasteiger partial charge in [0.25, 0.3) is 0 Å². The molecule has 4 heteroatoms. The average molecular weight is 477 g/mol. The summed E-state index contributed by atoms with van der Waals surface area (Å²) >= 11 is 0. The predicted octanol–water partition coefficient (Wildman–Crippen LogP) is 7.35. The summed E-state index contributed by atoms with van der Waals surface area (Å²) in [6.45, 7) is 17.3. The van der Waals surface area contributed by atoms with E-state index < -0.39 is 0 Å². The Kier molecular flexibility index (Phi) is 8.14. The Balaban J connectivity index is 1.69. The van der Waals surface area contributed by atoms with Crippen LogP contribution in [0.3, 0.4) is 0 Å². The quantitative estimate of drug-likeness (QED) is 0.428. The van der Waals surface area contributed by atoms with Crippen molar-refractivity contribution in [3.8, 4) is 11.5 Å². The molecule has 35 heavy (non-hydrogen) atoms. The molecule has 190 valence electrons. The molecular weight excluding hydrogens is 432 g/mol. The van der Waals surface area contributed by atoms with Gasteiger partial charge >= 0.3 is 0 Å². The van der Waals surface area contributed by atoms with Crippen LogP contribution in [0.4, 0.5) is 0 Å². The Morgan fingerprint density at radius 2 is 1.09 bits per heavy atom. The Morgan fingerprint density at radius 1 is 0.714 bits per heavy atom. The molecule has 2 aromatic carbocycles. The highest BCUT2D eigenvalue weighted by molar-refractivity contribution is 5.85. The normalized spacial score (nSPS) is 19.3. The molecule has 1 saturated carbocycles. The Bertz CT molecular complexity index is 1010. The molecular formula is C31H44N2O2. The average Bonchev–Trinajstić information content (AvgIpc) is 3.16. The summed E-state index contributed by atoms with van der Waals surface area (Å²) in [4.78, 5) is 9.63. The van der Waals surface area contributed by atoms with Crippen LogP contribution in [-0.2, 0) is 12.8 Å². The summed E-state index contributed by atoms with van der Waals surface area (Å²) < 4.78 is 0. The van der Waals surface area contributed by atoms with Crippen LogP contribution >= 0.6 is 0 Å². The van der Waals surface area contributed by atoms with Crippen molar-refractivity contribution < 1.29 is 10.2 Å². The molecule has 1 fully saturated rings. The van der Waals surface area contributed by atoms with E-state index in [-0.39, 0.29) is 22.9 Å². The largest absolute Gasteiger partial charge is 0.507 e. The number of benzene rings is 2. The number of aliphatic imine (C=N–C) groups is 2. The van der Waals surface area contributed by atoms with Gasteiger partial charge in [0, 0.05) is 23.6 Å². The van der Waals surface area contributed by atoms with Gasteiger partial charge in [-0.1, -0.05) is 53.7 Å². The lowest BCUT2D eigenvalue weighted by molar-refractivity contribution is 0.410. The van der Waals surface area contributed by atoms with Gasteiger partial charge in [-0.05, 0) is 91.2 Å². The van der Waals surface area contributed by atoms with Gasteiger partial charge in [0.2, 0.25) is 0 Å². The second kappa shape index (κ2) is 10.6. The number of hydrogen-bond donors (Lipinski definition) is 2. The summed E-state index contributed by atoms with van der Waals surface area (Å²) in [5, 5.41) is 21.1. The summed E-state index contributed by atoms with van der Waals surface area (Å²) in [6, 6.07) is 8.68. The Morgan fingerprint density at radius 3 is 1.43 bits per heavy atom. The molecule has 4 nitrogen and oxygen atoms in total. The third-order valence-corrected chi connectivity index (χ3v) is 6.47. The zero-order chi connectivity index (χ0) is 26.0. The molecule has 2 aromatic rings. The molecule has 0 spiro atoms. The van der Waals surface area contributed by atoms with Crippen molar-refractivity contribution in [3.63, 3.8) is 0 Å². The van der Waals surface area contributed by atoms with Crippen molar-refractivity contribution in [1.29, 1.82) is 0 Å². The van der Waals surface area contributed by atoms with Crippen molar-refractivity contribution in [2.45, 2.75) is 99.6 Å². The third-order valence-electron chi connectivity index (χ3n) is 6.47. The fourth-order valence-electron chi connectivity index (χ4n) is 4.97. The second-order valence-corrected chi connectivity index (χ2v) is 12.9. The van der Waals surface area contributed by atoms with E-state index in [1.54, 1.807) is 0 Å². The molecule has 2 unspecified atom stereocenters. The van der Waals surface area contributed by atoms with Gasteiger partial charge in [-0.3, -0.25) is 9.98 Å². The van der Waals surface area contributed by atoms with Gasteiger partial charge in [0.1, 0.15) is 11.5 Å². The topological polar surface area (TPSA) is 65.2 Å². The van der Waals surface area contributed by atoms with E-state index in [1.165, 1.54) is 11.1 Å². The van der Waals surface area contributed by atoms with Gasteiger partial charge < -0.3 is 10.2 Å². The van der Waals surface area contributed by atoms with Crippen LogP contribution in [0, 0.1) is 24.7 Å². The molecule has 2 N–H and O–H groups in total. The number of nitrogens with zero attached hydrogens (tertiary/aromatic N) is 2. The minimum absolute atomic E-state index is 0.188. The lowest BCUT2D eigenvalue weighted by Crippen LogP contribution is -2.10. The van der Waals surface area contributed by atoms with Gasteiger partial charge in [-0.25, -0.2) is 0 Å². The van der Waals surface area contributed by atoms with Gasteiger partial charge in [-0.2, -0.15) is 0 Å². The molecule has 0 heterocycles. The van der Waals surface area contributed by atoms with Crippen molar-refractivity contribution in [2.24, 2.45) is 20.8 Å². The molecule has 1 aliphatic carbocycles. The predicted molar refractivity (Wildman–Crippen MR) is 149 cm³/mol. The van der Waals surface area contributed by atoms with Crippen molar-refractivity contribution in [3.05, 3.63) is 57.6 Å². The zero-order valence-electron chi connectivity index (χ0n) is 22.9. The smallest absolute Gasteiger partial charge is 0.127 e. The van der Waals surface area contributed by atoms with E-state index in [4.69, 9.17) is 9.98 Å². The molecule has 3 rings (SSSR count). The minimum Gasteiger partial charge on any atom is -0.507 e. The van der Waals surface area contributed by atoms with E-state index in [0.29, 0.717) is 11.5 Å². The van der Waals surface area contributed by atoms with Crippen LogP contribution in [0.15, 0.2) is 34.3 Å². The first-order valence-electron chi connectivity index (χ1n) is 12.9. The van der Waals surface area contributed by atoms with Crippen LogP contribution in [0.5, 0.6) is 11.5 Å². The van der Waals surface area contributed by atoms with Gasteiger partial charge in [0.05, 0.1) is 12.1 Å². The van der Waals surface area contributed by atoms with Crippen LogP contribution in [0.1, 0.15) is 94.2 Å². The lowest BCUT2D eigenvalue weighted by atomic mass is 9.87. The van der Waals surface area contributed by atoms with Crippen LogP contribution in [0.2, 0.25) is 0 Å². The fraction of sp³-hybridized carbons (Fsp3) is 0.548. The molecule has 1 aliphatic rings. The van der Waals surface area contributed by atoms with Crippen molar-refractivity contribution >= 4 is 12.4 Å². The standard InChI is InChI=1S/C31H44N2O2/c1-20-11-22(16-30(3,4)5)13-24(28(20)34)18-32-26-9-10-27(15-26)33-19-25-14-23(17-31(6,7)8)12-21(2)29(25)35/h11-14,18-19,26-27,34-35H,9-10,15-17H2,1-8H3. The zero-order valence-corrected chi connectivity index (χ0v) is 22.9. The fourth-order valence-corrected chi connectivity index (χ4v) is 4.97. The SMILES string of the molecule is Cc1cc(CC(C)(C)C)cc(C=NC2CCC(N=Cc3cc(CC(C)(C)C)cc(C)c3O)C2)c1O. The molecule has 0 amide bonds. The lowest BCUT2D eigenvalue weighted by Gasteiger charge is -2.19. The minimum atomic E-state index is 0.188. The highest BCUT2D eigenvalue weighted by Crippen LogP contribution is 2.30. The van der Waals surface area contributed by atoms with Crippen LogP contribution < -0.4 is 0 Å². The van der Waals surface area contributed by atoms with Crippen molar-refractivity contribution in [1.82, 2.24) is 0 Å². The van der Waals surface area contributed by atoms with Gasteiger partial charge in [-0.15, -0.1) is 0 Å². The maximum Gasteiger partial charge on any atom is 0.127 e. The molecule has 0 radical (unpaired) electrons. The monoisotopic (exact) mass is 476 g/mol. The summed E-state index contributed by atoms with van der Waals surface area (Å²) in [5.41, 5.74) is 6.22. The number of phenols is 2. The van der Waals surface area contributed by atoms with E-state index in [9.17, 15) is 10.2 Å². The van der Waals surface area contributed by atoms with E-state index in [2.05, 4.69) is 65.8 Å². The first kappa shape index (κ1) is 27.0. The number of aromatic hydroxyl groups is 2. The Hall–Kier alpha value is -2.62. The maximum atomic E-state index is 10.6. The number of rotatable bonds is 6. The number of aryl methyl sites for hydroxylation is 2. The first-order chi connectivity index (χ1) is 16.2. The van der Waals surface area contributed by atoms with E-state index in [0.717, 1.165) is 54.4 Å². The maximum absolute atomic E-state index is 10.6. The highest BCUT2D eigenvalue weighted by Gasteiger charge is 2.23. The van der Waals surface area contributed by atoms with Crippen LogP contribution in [-0.4, -0.2) is 34.7 Å². The Labute approximate surface area is 212 Å². The molecule has 0 aromatic heterocycles. The first-order valence-corrected chi connectivity index (χ1v) is 12.9.